The van der Waals surface area contributed by atoms with Gasteiger partial charge in [0.2, 0.25) is 0 Å². The van der Waals surface area contributed by atoms with E-state index in [1.165, 1.54) is 51.4 Å². The highest BCUT2D eigenvalue weighted by Gasteiger charge is 2.21. The Kier molecular flexibility index (Phi) is 3.98. The quantitative estimate of drug-likeness (QED) is 0.674. The molecule has 2 heteroatoms. The lowest BCUT2D eigenvalue weighted by Gasteiger charge is -2.28. The molecule has 0 spiro atoms. The van der Waals surface area contributed by atoms with Crippen molar-refractivity contribution < 1.29 is 4.74 Å². The molecule has 1 heterocycles. The summed E-state index contributed by atoms with van der Waals surface area (Å²) in [7, 11) is 0. The van der Waals surface area contributed by atoms with Crippen molar-refractivity contribution in [3.63, 3.8) is 0 Å². The van der Waals surface area contributed by atoms with E-state index in [1.807, 2.05) is 0 Å². The Balaban J connectivity index is 1.69. The second-order valence-corrected chi connectivity index (χ2v) is 5.66. The largest absolute Gasteiger partial charge is 0.368 e. The van der Waals surface area contributed by atoms with Gasteiger partial charge in [-0.3, -0.25) is 0 Å². The Bertz CT molecular complexity index is 121. The summed E-state index contributed by atoms with van der Waals surface area (Å²) in [6, 6.07) is 0. The van der Waals surface area contributed by atoms with E-state index >= 15 is 0 Å². The van der Waals surface area contributed by atoms with Gasteiger partial charge in [-0.2, -0.15) is 0 Å². The lowest BCUT2D eigenvalue weighted by Crippen LogP contribution is -2.20. The standard InChI is InChI=1S/C11H20OS/c1-2-6-10(7-3-1)13-11-8-4-5-9-12-11/h10-11H,1-9H2. The van der Waals surface area contributed by atoms with Crippen LogP contribution < -0.4 is 0 Å². The molecule has 0 aromatic rings. The third-order valence-corrected chi connectivity index (χ3v) is 4.57. The number of thioether (sulfide) groups is 1. The minimum Gasteiger partial charge on any atom is -0.368 e. The minimum atomic E-state index is 0.539. The van der Waals surface area contributed by atoms with Crippen LogP contribution in [0.1, 0.15) is 51.4 Å². The fourth-order valence-electron chi connectivity index (χ4n) is 2.23. The molecular weight excluding hydrogens is 180 g/mol. The summed E-state index contributed by atoms with van der Waals surface area (Å²) < 4.78 is 5.74. The summed E-state index contributed by atoms with van der Waals surface area (Å²) in [6.07, 6.45) is 11.2. The van der Waals surface area contributed by atoms with Crippen molar-refractivity contribution in [2.45, 2.75) is 62.1 Å². The van der Waals surface area contributed by atoms with E-state index in [-0.39, 0.29) is 0 Å². The first kappa shape index (κ1) is 9.85. The van der Waals surface area contributed by atoms with Crippen LogP contribution in [0.2, 0.25) is 0 Å². The molecule has 0 aromatic heterocycles. The molecule has 0 radical (unpaired) electrons. The molecule has 1 aliphatic carbocycles. The zero-order valence-electron chi connectivity index (χ0n) is 8.34. The number of ether oxygens (including phenoxy) is 1. The van der Waals surface area contributed by atoms with E-state index in [0.717, 1.165) is 11.9 Å². The zero-order valence-corrected chi connectivity index (χ0v) is 9.15. The van der Waals surface area contributed by atoms with Gasteiger partial charge in [-0.15, -0.1) is 11.8 Å². The van der Waals surface area contributed by atoms with Crippen LogP contribution in [-0.4, -0.2) is 17.3 Å². The van der Waals surface area contributed by atoms with Gasteiger partial charge in [-0.25, -0.2) is 0 Å². The predicted molar refractivity (Wildman–Crippen MR) is 58.1 cm³/mol. The van der Waals surface area contributed by atoms with Gasteiger partial charge in [-0.05, 0) is 32.1 Å². The van der Waals surface area contributed by atoms with Gasteiger partial charge >= 0.3 is 0 Å². The van der Waals surface area contributed by atoms with Crippen LogP contribution >= 0.6 is 11.8 Å². The number of hydrogen-bond acceptors (Lipinski definition) is 2. The van der Waals surface area contributed by atoms with Crippen LogP contribution in [0.15, 0.2) is 0 Å². The Morgan fingerprint density at radius 3 is 2.31 bits per heavy atom. The van der Waals surface area contributed by atoms with Crippen molar-refractivity contribution >= 4 is 11.8 Å². The smallest absolute Gasteiger partial charge is 0.103 e. The van der Waals surface area contributed by atoms with E-state index in [4.69, 9.17) is 4.74 Å². The summed E-state index contributed by atoms with van der Waals surface area (Å²) in [5.41, 5.74) is 0.539. The predicted octanol–water partition coefficient (Wildman–Crippen LogP) is 3.58. The van der Waals surface area contributed by atoms with Crippen LogP contribution in [0.4, 0.5) is 0 Å². The maximum Gasteiger partial charge on any atom is 0.103 e. The fourth-order valence-corrected chi connectivity index (χ4v) is 3.75. The fraction of sp³-hybridized carbons (Fsp3) is 1.00. The molecule has 2 rings (SSSR count). The highest BCUT2D eigenvalue weighted by Crippen LogP contribution is 2.34. The molecule has 0 amide bonds. The van der Waals surface area contributed by atoms with Crippen LogP contribution in [0.25, 0.3) is 0 Å². The summed E-state index contributed by atoms with van der Waals surface area (Å²) in [5, 5.41) is 0.914. The normalized spacial score (nSPS) is 31.8. The second kappa shape index (κ2) is 5.26. The Morgan fingerprint density at radius 1 is 0.846 bits per heavy atom. The van der Waals surface area contributed by atoms with Crippen LogP contribution in [0.5, 0.6) is 0 Å². The lowest BCUT2D eigenvalue weighted by atomic mass is 10.0. The molecule has 1 unspecified atom stereocenters. The zero-order chi connectivity index (χ0) is 8.93. The van der Waals surface area contributed by atoms with Gasteiger partial charge in [0, 0.05) is 11.9 Å². The van der Waals surface area contributed by atoms with Crippen molar-refractivity contribution in [2.24, 2.45) is 0 Å². The Labute approximate surface area is 85.6 Å². The van der Waals surface area contributed by atoms with E-state index in [0.29, 0.717) is 5.44 Å². The second-order valence-electron chi connectivity index (χ2n) is 4.19. The van der Waals surface area contributed by atoms with Gasteiger partial charge in [0.1, 0.15) is 5.44 Å². The Hall–Kier alpha value is 0.310. The molecule has 1 aliphatic heterocycles. The van der Waals surface area contributed by atoms with Crippen molar-refractivity contribution in [1.29, 1.82) is 0 Å². The first-order valence-corrected chi connectivity index (χ1v) is 6.66. The third kappa shape index (κ3) is 3.17. The molecule has 1 nitrogen and oxygen atoms in total. The molecule has 1 saturated carbocycles. The summed E-state index contributed by atoms with van der Waals surface area (Å²) in [5.74, 6) is 0. The molecule has 13 heavy (non-hydrogen) atoms. The van der Waals surface area contributed by atoms with Gasteiger partial charge < -0.3 is 4.74 Å². The highest BCUT2D eigenvalue weighted by molar-refractivity contribution is 8.00. The van der Waals surface area contributed by atoms with Crippen LogP contribution in [0, 0.1) is 0 Å². The topological polar surface area (TPSA) is 9.23 Å². The average Bonchev–Trinajstić information content (AvgIpc) is 2.21. The van der Waals surface area contributed by atoms with Gasteiger partial charge in [0.05, 0.1) is 0 Å². The van der Waals surface area contributed by atoms with Gasteiger partial charge in [0.25, 0.3) is 0 Å². The molecule has 76 valence electrons. The van der Waals surface area contributed by atoms with E-state index in [1.54, 1.807) is 0 Å². The van der Waals surface area contributed by atoms with Crippen molar-refractivity contribution in [3.8, 4) is 0 Å². The molecule has 1 saturated heterocycles. The Morgan fingerprint density at radius 2 is 1.62 bits per heavy atom. The number of rotatable bonds is 2. The third-order valence-electron chi connectivity index (χ3n) is 3.03. The minimum absolute atomic E-state index is 0.539. The first-order chi connectivity index (χ1) is 6.45. The van der Waals surface area contributed by atoms with Crippen LogP contribution in [-0.2, 0) is 4.74 Å². The van der Waals surface area contributed by atoms with Crippen molar-refractivity contribution in [2.75, 3.05) is 6.61 Å². The summed E-state index contributed by atoms with van der Waals surface area (Å²) in [4.78, 5) is 0. The molecule has 2 fully saturated rings. The molecule has 0 bridgehead atoms. The lowest BCUT2D eigenvalue weighted by molar-refractivity contribution is 0.0722. The number of hydrogen-bond donors (Lipinski definition) is 0. The maximum absolute atomic E-state index is 5.74. The summed E-state index contributed by atoms with van der Waals surface area (Å²) in [6.45, 7) is 1.00. The molecule has 0 aromatic carbocycles. The van der Waals surface area contributed by atoms with Gasteiger partial charge in [0.15, 0.2) is 0 Å². The van der Waals surface area contributed by atoms with Crippen LogP contribution in [0.3, 0.4) is 0 Å². The molecular formula is C11H20OS. The van der Waals surface area contributed by atoms with Gasteiger partial charge in [-0.1, -0.05) is 19.3 Å². The van der Waals surface area contributed by atoms with Crippen molar-refractivity contribution in [3.05, 3.63) is 0 Å². The average molecular weight is 200 g/mol. The first-order valence-electron chi connectivity index (χ1n) is 5.72. The SMILES string of the molecule is C1CCC(SC2CCCCO2)CC1. The molecule has 1 atom stereocenters. The van der Waals surface area contributed by atoms with Crippen molar-refractivity contribution in [1.82, 2.24) is 0 Å². The van der Waals surface area contributed by atoms with E-state index < -0.39 is 0 Å². The van der Waals surface area contributed by atoms with E-state index in [9.17, 15) is 0 Å². The molecule has 0 N–H and O–H groups in total. The molecule has 2 aliphatic rings. The summed E-state index contributed by atoms with van der Waals surface area (Å²) >= 11 is 2.12. The highest BCUT2D eigenvalue weighted by atomic mass is 32.2. The maximum atomic E-state index is 5.74. The monoisotopic (exact) mass is 200 g/mol. The van der Waals surface area contributed by atoms with E-state index in [2.05, 4.69) is 11.8 Å².